The molecule has 0 amide bonds. The average Bonchev–Trinajstić information content (AvgIpc) is 2.35. The second kappa shape index (κ2) is 7.81. The summed E-state index contributed by atoms with van der Waals surface area (Å²) >= 11 is 0. The lowest BCUT2D eigenvalue weighted by atomic mass is 10.2. The lowest BCUT2D eigenvalue weighted by Crippen LogP contribution is -2.26. The van der Waals surface area contributed by atoms with E-state index >= 15 is 0 Å². The Morgan fingerprint density at radius 3 is 2.74 bits per heavy atom. The number of hydrogen-bond donors (Lipinski definition) is 1. The molecule has 0 radical (unpaired) electrons. The predicted octanol–water partition coefficient (Wildman–Crippen LogP) is 2.74. The molecular formula is C16H25N3. The normalized spacial score (nSPS) is 10.5. The number of aromatic nitrogens is 1. The van der Waals surface area contributed by atoms with Crippen molar-refractivity contribution < 1.29 is 0 Å². The Kier molecular flexibility index (Phi) is 6.38. The summed E-state index contributed by atoms with van der Waals surface area (Å²) in [6.07, 6.45) is 6.51. The predicted molar refractivity (Wildman–Crippen MR) is 82.3 cm³/mol. The van der Waals surface area contributed by atoms with E-state index < -0.39 is 0 Å². The van der Waals surface area contributed by atoms with Crippen LogP contribution in [-0.4, -0.2) is 24.1 Å². The highest BCUT2D eigenvalue weighted by Gasteiger charge is 2.08. The van der Waals surface area contributed by atoms with E-state index in [0.29, 0.717) is 12.6 Å². The van der Waals surface area contributed by atoms with E-state index in [-0.39, 0.29) is 0 Å². The molecule has 0 unspecified atom stereocenters. The van der Waals surface area contributed by atoms with Crippen LogP contribution >= 0.6 is 0 Å². The first-order chi connectivity index (χ1) is 9.06. The van der Waals surface area contributed by atoms with E-state index in [1.807, 2.05) is 6.92 Å². The van der Waals surface area contributed by atoms with E-state index in [2.05, 4.69) is 54.0 Å². The standard InChI is InChI=1S/C16H25N3/c1-6-8-19(9-7-2)16-11-15(10-14(5)18-16)12-17-13(3)4/h1,10-11,13,17H,7-9,12H2,2-5H3. The monoisotopic (exact) mass is 259 g/mol. The van der Waals surface area contributed by atoms with Crippen molar-refractivity contribution in [3.05, 3.63) is 23.4 Å². The van der Waals surface area contributed by atoms with Crippen molar-refractivity contribution in [1.82, 2.24) is 10.3 Å². The van der Waals surface area contributed by atoms with Gasteiger partial charge in [-0.3, -0.25) is 0 Å². The van der Waals surface area contributed by atoms with Crippen LogP contribution in [0.25, 0.3) is 0 Å². The van der Waals surface area contributed by atoms with Crippen molar-refractivity contribution in [3.8, 4) is 12.3 Å². The van der Waals surface area contributed by atoms with Gasteiger partial charge in [0.1, 0.15) is 5.82 Å². The third kappa shape index (κ3) is 5.32. The molecule has 0 aliphatic rings. The topological polar surface area (TPSA) is 28.2 Å². The molecule has 3 nitrogen and oxygen atoms in total. The maximum Gasteiger partial charge on any atom is 0.129 e. The molecule has 0 bridgehead atoms. The molecule has 0 saturated heterocycles. The number of terminal acetylenes is 1. The van der Waals surface area contributed by atoms with Gasteiger partial charge in [-0.2, -0.15) is 0 Å². The van der Waals surface area contributed by atoms with E-state index in [9.17, 15) is 0 Å². The smallest absolute Gasteiger partial charge is 0.129 e. The van der Waals surface area contributed by atoms with Crippen molar-refractivity contribution in [2.45, 2.75) is 46.7 Å². The molecule has 19 heavy (non-hydrogen) atoms. The van der Waals surface area contributed by atoms with Crippen molar-refractivity contribution in [2.24, 2.45) is 0 Å². The zero-order valence-electron chi connectivity index (χ0n) is 12.5. The van der Waals surface area contributed by atoms with Crippen LogP contribution in [-0.2, 0) is 6.54 Å². The number of rotatable bonds is 7. The molecule has 1 aromatic rings. The van der Waals surface area contributed by atoms with E-state index in [1.165, 1.54) is 5.56 Å². The highest BCUT2D eigenvalue weighted by molar-refractivity contribution is 5.43. The van der Waals surface area contributed by atoms with Gasteiger partial charge in [0.25, 0.3) is 0 Å². The van der Waals surface area contributed by atoms with Crippen LogP contribution in [0.4, 0.5) is 5.82 Å². The third-order valence-corrected chi connectivity index (χ3v) is 2.81. The molecule has 0 aliphatic heterocycles. The Balaban J connectivity index is 2.90. The first-order valence-corrected chi connectivity index (χ1v) is 6.96. The largest absolute Gasteiger partial charge is 0.345 e. The molecule has 1 N–H and O–H groups in total. The Hall–Kier alpha value is -1.53. The maximum absolute atomic E-state index is 5.44. The number of aryl methyl sites for hydroxylation is 1. The van der Waals surface area contributed by atoms with Crippen molar-refractivity contribution in [1.29, 1.82) is 0 Å². The number of hydrogen-bond acceptors (Lipinski definition) is 3. The summed E-state index contributed by atoms with van der Waals surface area (Å²) < 4.78 is 0. The summed E-state index contributed by atoms with van der Waals surface area (Å²) in [7, 11) is 0. The summed E-state index contributed by atoms with van der Waals surface area (Å²) in [6.45, 7) is 10.9. The number of nitrogens with one attached hydrogen (secondary N) is 1. The Bertz CT molecular complexity index is 432. The highest BCUT2D eigenvalue weighted by Crippen LogP contribution is 2.15. The fourth-order valence-electron chi connectivity index (χ4n) is 1.96. The molecule has 0 aliphatic carbocycles. The van der Waals surface area contributed by atoms with E-state index in [0.717, 1.165) is 31.0 Å². The quantitative estimate of drug-likeness (QED) is 0.763. The number of anilines is 1. The Morgan fingerprint density at radius 1 is 1.42 bits per heavy atom. The van der Waals surface area contributed by atoms with E-state index in [1.54, 1.807) is 0 Å². The van der Waals surface area contributed by atoms with Crippen LogP contribution in [0.5, 0.6) is 0 Å². The molecule has 0 fully saturated rings. The molecule has 104 valence electrons. The van der Waals surface area contributed by atoms with Gasteiger partial charge in [-0.15, -0.1) is 6.42 Å². The van der Waals surface area contributed by atoms with Gasteiger partial charge in [0.2, 0.25) is 0 Å². The molecule has 1 rings (SSSR count). The van der Waals surface area contributed by atoms with Gasteiger partial charge < -0.3 is 10.2 Å². The Morgan fingerprint density at radius 2 is 2.16 bits per heavy atom. The van der Waals surface area contributed by atoms with Crippen LogP contribution in [0.3, 0.4) is 0 Å². The molecule has 3 heteroatoms. The fourth-order valence-corrected chi connectivity index (χ4v) is 1.96. The van der Waals surface area contributed by atoms with Gasteiger partial charge in [0.15, 0.2) is 0 Å². The number of nitrogens with zero attached hydrogens (tertiary/aromatic N) is 2. The second-order valence-corrected chi connectivity index (χ2v) is 5.14. The third-order valence-electron chi connectivity index (χ3n) is 2.81. The summed E-state index contributed by atoms with van der Waals surface area (Å²) in [6, 6.07) is 4.74. The minimum atomic E-state index is 0.481. The maximum atomic E-state index is 5.44. The molecule has 0 aromatic carbocycles. The SMILES string of the molecule is C#CCN(CCC)c1cc(CNC(C)C)cc(C)n1. The van der Waals surface area contributed by atoms with Crippen molar-refractivity contribution in [3.63, 3.8) is 0 Å². The van der Waals surface area contributed by atoms with Crippen LogP contribution in [0, 0.1) is 19.3 Å². The molecule has 1 aromatic heterocycles. The summed E-state index contributed by atoms with van der Waals surface area (Å²) in [5.74, 6) is 3.70. The van der Waals surface area contributed by atoms with Crippen LogP contribution < -0.4 is 10.2 Å². The van der Waals surface area contributed by atoms with Crippen LogP contribution in [0.15, 0.2) is 12.1 Å². The van der Waals surface area contributed by atoms with Gasteiger partial charge >= 0.3 is 0 Å². The number of pyridine rings is 1. The minimum Gasteiger partial charge on any atom is -0.345 e. The van der Waals surface area contributed by atoms with Crippen molar-refractivity contribution >= 4 is 5.82 Å². The van der Waals surface area contributed by atoms with Gasteiger partial charge in [-0.05, 0) is 31.0 Å². The zero-order valence-corrected chi connectivity index (χ0v) is 12.5. The summed E-state index contributed by atoms with van der Waals surface area (Å²) in [5, 5.41) is 3.43. The second-order valence-electron chi connectivity index (χ2n) is 5.14. The first-order valence-electron chi connectivity index (χ1n) is 6.96. The average molecular weight is 259 g/mol. The van der Waals surface area contributed by atoms with Gasteiger partial charge in [-0.1, -0.05) is 26.7 Å². The van der Waals surface area contributed by atoms with Gasteiger partial charge in [-0.25, -0.2) is 4.98 Å². The van der Waals surface area contributed by atoms with Gasteiger partial charge in [0, 0.05) is 24.8 Å². The van der Waals surface area contributed by atoms with Crippen molar-refractivity contribution in [2.75, 3.05) is 18.0 Å². The lowest BCUT2D eigenvalue weighted by molar-refractivity contribution is 0.588. The first kappa shape index (κ1) is 15.5. The van der Waals surface area contributed by atoms with E-state index in [4.69, 9.17) is 6.42 Å². The molecule has 1 heterocycles. The summed E-state index contributed by atoms with van der Waals surface area (Å²) in [4.78, 5) is 6.76. The molecule has 0 saturated carbocycles. The molecule has 0 atom stereocenters. The van der Waals surface area contributed by atoms with Gasteiger partial charge in [0.05, 0.1) is 6.54 Å². The highest BCUT2D eigenvalue weighted by atomic mass is 15.2. The van der Waals surface area contributed by atoms with Crippen LogP contribution in [0.1, 0.15) is 38.4 Å². The molecular weight excluding hydrogens is 234 g/mol. The van der Waals surface area contributed by atoms with Crippen LogP contribution in [0.2, 0.25) is 0 Å². The minimum absolute atomic E-state index is 0.481. The lowest BCUT2D eigenvalue weighted by Gasteiger charge is -2.22. The fraction of sp³-hybridized carbons (Fsp3) is 0.562. The Labute approximate surface area is 117 Å². The summed E-state index contributed by atoms with van der Waals surface area (Å²) in [5.41, 5.74) is 2.30. The molecule has 0 spiro atoms. The zero-order chi connectivity index (χ0) is 14.3.